The van der Waals surface area contributed by atoms with Crippen LogP contribution in [0.25, 0.3) is 12.2 Å². The largest absolute Gasteiger partial charge is 0.497 e. The number of sulfonamides is 1. The molecule has 34 heavy (non-hydrogen) atoms. The molecule has 0 unspecified atom stereocenters. The van der Waals surface area contributed by atoms with Crippen LogP contribution in [0.5, 0.6) is 5.75 Å². The summed E-state index contributed by atoms with van der Waals surface area (Å²) in [6.07, 6.45) is 10.1. The molecule has 0 radical (unpaired) electrons. The monoisotopic (exact) mass is 487 g/mol. The van der Waals surface area contributed by atoms with Crippen molar-refractivity contribution in [3.63, 3.8) is 0 Å². The normalized spacial score (nSPS) is 18.9. The van der Waals surface area contributed by atoms with Crippen molar-refractivity contribution in [3.8, 4) is 5.75 Å². The number of hydrogen-bond donors (Lipinski definition) is 1. The Morgan fingerprint density at radius 3 is 2.41 bits per heavy atom. The first kappa shape index (κ1) is 24.5. The number of methoxy groups -OCH3 is 1. The van der Waals surface area contributed by atoms with Gasteiger partial charge in [0.05, 0.1) is 7.11 Å². The van der Waals surface area contributed by atoms with Crippen molar-refractivity contribution in [2.75, 3.05) is 20.2 Å². The molecule has 2 heterocycles. The zero-order valence-electron chi connectivity index (χ0n) is 19.8. The topological polar surface area (TPSA) is 102 Å². The van der Waals surface area contributed by atoms with E-state index < -0.39 is 10.0 Å². The molecule has 1 N–H and O–H groups in total. The zero-order valence-corrected chi connectivity index (χ0v) is 20.6. The maximum Gasteiger partial charge on any atom is 0.248 e. The summed E-state index contributed by atoms with van der Waals surface area (Å²) in [5, 5.41) is 7.09. The Morgan fingerprint density at radius 2 is 1.76 bits per heavy atom. The third kappa shape index (κ3) is 5.52. The number of benzene rings is 1. The summed E-state index contributed by atoms with van der Waals surface area (Å²) in [5.41, 5.74) is 1.20. The van der Waals surface area contributed by atoms with Crippen molar-refractivity contribution >= 4 is 28.1 Å². The number of carbonyl (C=O) groups is 1. The molecule has 1 aliphatic carbocycles. The summed E-state index contributed by atoms with van der Waals surface area (Å²) < 4.78 is 38.9. The van der Waals surface area contributed by atoms with Crippen LogP contribution in [-0.4, -0.2) is 50.0 Å². The van der Waals surface area contributed by atoms with E-state index in [4.69, 9.17) is 9.26 Å². The molecule has 9 heteroatoms. The molecular weight excluding hydrogens is 454 g/mol. The molecular formula is C25H33N3O5S. The van der Waals surface area contributed by atoms with Gasteiger partial charge in [0.25, 0.3) is 0 Å². The van der Waals surface area contributed by atoms with Gasteiger partial charge in [0, 0.05) is 25.0 Å². The second kappa shape index (κ2) is 10.7. The summed E-state index contributed by atoms with van der Waals surface area (Å²) in [7, 11) is -2.19. The molecule has 1 saturated heterocycles. The van der Waals surface area contributed by atoms with Gasteiger partial charge in [-0.05, 0) is 56.4 Å². The second-order valence-corrected chi connectivity index (χ2v) is 11.0. The standard InChI is InChI=1S/C25H33N3O5S/c1-18-24(23(33-27-18)13-10-19-8-11-22(32-2)12-9-19)34(30,31)28-16-14-20(15-17-28)25(29)26-21-6-4-3-5-7-21/h8-13,20-21H,3-7,14-17H2,1-2H3,(H,26,29)/b13-10-. The van der Waals surface area contributed by atoms with Crippen LogP contribution >= 0.6 is 0 Å². The Hall–Kier alpha value is -2.65. The molecule has 0 atom stereocenters. The number of piperidine rings is 1. The Balaban J connectivity index is 1.42. The van der Waals surface area contributed by atoms with Crippen LogP contribution in [0.15, 0.2) is 33.7 Å². The lowest BCUT2D eigenvalue weighted by atomic mass is 9.93. The number of hydrogen-bond acceptors (Lipinski definition) is 6. The van der Waals surface area contributed by atoms with E-state index >= 15 is 0 Å². The molecule has 1 aromatic heterocycles. The lowest BCUT2D eigenvalue weighted by Crippen LogP contribution is -2.45. The fourth-order valence-corrected chi connectivity index (χ4v) is 6.46. The summed E-state index contributed by atoms with van der Waals surface area (Å²) >= 11 is 0. The van der Waals surface area contributed by atoms with Crippen molar-refractivity contribution in [2.24, 2.45) is 5.92 Å². The van der Waals surface area contributed by atoms with Gasteiger partial charge in [-0.3, -0.25) is 4.79 Å². The molecule has 2 fully saturated rings. The minimum absolute atomic E-state index is 0.0632. The van der Waals surface area contributed by atoms with Crippen molar-refractivity contribution in [2.45, 2.75) is 62.8 Å². The predicted molar refractivity (Wildman–Crippen MR) is 130 cm³/mol. The Bertz CT molecular complexity index is 1110. The van der Waals surface area contributed by atoms with Crippen LogP contribution in [-0.2, 0) is 14.8 Å². The zero-order chi connectivity index (χ0) is 24.1. The highest BCUT2D eigenvalue weighted by Gasteiger charge is 2.36. The molecule has 4 rings (SSSR count). The molecule has 1 aliphatic heterocycles. The third-order valence-electron chi connectivity index (χ3n) is 6.75. The minimum Gasteiger partial charge on any atom is -0.497 e. The third-order valence-corrected chi connectivity index (χ3v) is 8.81. The summed E-state index contributed by atoms with van der Waals surface area (Å²) in [5.74, 6) is 0.858. The van der Waals surface area contributed by atoms with Gasteiger partial charge in [-0.25, -0.2) is 8.42 Å². The van der Waals surface area contributed by atoms with Crippen LogP contribution in [0.2, 0.25) is 0 Å². The Labute approximate surface area is 201 Å². The van der Waals surface area contributed by atoms with Gasteiger partial charge in [0.15, 0.2) is 10.7 Å². The number of carbonyl (C=O) groups excluding carboxylic acids is 1. The van der Waals surface area contributed by atoms with E-state index in [1.807, 2.05) is 24.3 Å². The Kier molecular flexibility index (Phi) is 7.73. The first-order chi connectivity index (χ1) is 16.4. The van der Waals surface area contributed by atoms with Gasteiger partial charge in [-0.2, -0.15) is 4.31 Å². The molecule has 2 aromatic rings. The summed E-state index contributed by atoms with van der Waals surface area (Å²) in [4.78, 5) is 12.8. The second-order valence-electron chi connectivity index (χ2n) is 9.09. The molecule has 0 bridgehead atoms. The molecule has 1 saturated carbocycles. The summed E-state index contributed by atoms with van der Waals surface area (Å²) in [6.45, 7) is 2.24. The predicted octanol–water partition coefficient (Wildman–Crippen LogP) is 4.01. The SMILES string of the molecule is COc1ccc(/C=C\c2onc(C)c2S(=O)(=O)N2CCC(C(=O)NC3CCCCC3)CC2)cc1. The molecule has 1 aromatic carbocycles. The van der Waals surface area contributed by atoms with E-state index in [1.165, 1.54) is 10.7 Å². The van der Waals surface area contributed by atoms with Crippen molar-refractivity contribution in [3.05, 3.63) is 41.3 Å². The highest BCUT2D eigenvalue weighted by Crippen LogP contribution is 2.30. The quantitative estimate of drug-likeness (QED) is 0.633. The van der Waals surface area contributed by atoms with Gasteiger partial charge in [-0.15, -0.1) is 0 Å². The van der Waals surface area contributed by atoms with Gasteiger partial charge in [-0.1, -0.05) is 42.6 Å². The highest BCUT2D eigenvalue weighted by atomic mass is 32.2. The van der Waals surface area contributed by atoms with E-state index in [9.17, 15) is 13.2 Å². The number of nitrogens with one attached hydrogen (secondary N) is 1. The van der Waals surface area contributed by atoms with Gasteiger partial charge < -0.3 is 14.6 Å². The van der Waals surface area contributed by atoms with Gasteiger partial charge in [0.1, 0.15) is 11.4 Å². The number of aryl methyl sites for hydroxylation is 1. The van der Waals surface area contributed by atoms with Crippen LogP contribution in [0, 0.1) is 12.8 Å². The van der Waals surface area contributed by atoms with Crippen molar-refractivity contribution < 1.29 is 22.5 Å². The van der Waals surface area contributed by atoms with Crippen LogP contribution in [0.1, 0.15) is 62.0 Å². The van der Waals surface area contributed by atoms with Gasteiger partial charge >= 0.3 is 0 Å². The molecule has 8 nitrogen and oxygen atoms in total. The van der Waals surface area contributed by atoms with E-state index in [1.54, 1.807) is 26.2 Å². The molecule has 2 aliphatic rings. The number of amides is 1. The number of aromatic nitrogens is 1. The van der Waals surface area contributed by atoms with Gasteiger partial charge in [0.2, 0.25) is 15.9 Å². The lowest BCUT2D eigenvalue weighted by Gasteiger charge is -2.32. The van der Waals surface area contributed by atoms with Crippen LogP contribution in [0.4, 0.5) is 0 Å². The average molecular weight is 488 g/mol. The van der Waals surface area contributed by atoms with E-state index in [0.717, 1.165) is 37.0 Å². The van der Waals surface area contributed by atoms with Crippen LogP contribution in [0.3, 0.4) is 0 Å². The lowest BCUT2D eigenvalue weighted by molar-refractivity contribution is -0.127. The molecule has 184 valence electrons. The van der Waals surface area contributed by atoms with E-state index in [2.05, 4.69) is 10.5 Å². The first-order valence-electron chi connectivity index (χ1n) is 12.0. The fraction of sp³-hybridized carbons (Fsp3) is 0.520. The fourth-order valence-electron chi connectivity index (χ4n) is 4.74. The smallest absolute Gasteiger partial charge is 0.248 e. The van der Waals surface area contributed by atoms with Crippen molar-refractivity contribution in [1.82, 2.24) is 14.8 Å². The Morgan fingerprint density at radius 1 is 1.09 bits per heavy atom. The van der Waals surface area contributed by atoms with E-state index in [0.29, 0.717) is 31.6 Å². The van der Waals surface area contributed by atoms with Crippen LogP contribution < -0.4 is 10.1 Å². The summed E-state index contributed by atoms with van der Waals surface area (Å²) in [6, 6.07) is 7.67. The van der Waals surface area contributed by atoms with Crippen molar-refractivity contribution in [1.29, 1.82) is 0 Å². The number of nitrogens with zero attached hydrogens (tertiary/aromatic N) is 2. The minimum atomic E-state index is -3.80. The number of ether oxygens (including phenoxy) is 1. The first-order valence-corrected chi connectivity index (χ1v) is 13.4. The molecule has 1 amide bonds. The maximum absolute atomic E-state index is 13.5. The average Bonchev–Trinajstić information content (AvgIpc) is 3.24. The van der Waals surface area contributed by atoms with E-state index in [-0.39, 0.29) is 28.5 Å². The number of rotatable bonds is 7. The maximum atomic E-state index is 13.5. The highest BCUT2D eigenvalue weighted by molar-refractivity contribution is 7.89. The molecule has 0 spiro atoms.